The molecule has 1 aromatic heterocycles. The number of carboxylic acid groups (broad SMARTS) is 1. The van der Waals surface area contributed by atoms with Gasteiger partial charge in [0.2, 0.25) is 5.91 Å². The average molecular weight is 386 g/mol. The van der Waals surface area contributed by atoms with Gasteiger partial charge in [-0.05, 0) is 30.7 Å². The molecule has 0 radical (unpaired) electrons. The molecule has 148 valence electrons. The van der Waals surface area contributed by atoms with Crippen LogP contribution in [0.15, 0.2) is 46.1 Å². The minimum absolute atomic E-state index is 0.0609. The number of ether oxygens (including phenoxy) is 2. The summed E-state index contributed by atoms with van der Waals surface area (Å²) >= 11 is 0. The van der Waals surface area contributed by atoms with Gasteiger partial charge in [0.05, 0.1) is 26.2 Å². The molecule has 0 saturated carbocycles. The lowest BCUT2D eigenvalue weighted by Crippen LogP contribution is -2.26. The molecule has 0 aliphatic carbocycles. The molecule has 1 aliphatic heterocycles. The summed E-state index contributed by atoms with van der Waals surface area (Å²) in [6.45, 7) is 0. The Morgan fingerprint density at radius 2 is 1.93 bits per heavy atom. The summed E-state index contributed by atoms with van der Waals surface area (Å²) in [7, 11) is 3.14. The molecule has 0 unspecified atom stereocenters. The number of hydrazone groups is 1. The zero-order valence-corrected chi connectivity index (χ0v) is 15.8. The summed E-state index contributed by atoms with van der Waals surface area (Å²) in [5, 5.41) is 14.7. The maximum atomic E-state index is 12.7. The highest BCUT2D eigenvalue weighted by atomic mass is 16.5. The Hall–Kier alpha value is -3.29. The minimum atomic E-state index is -0.926. The van der Waals surface area contributed by atoms with Crippen molar-refractivity contribution in [3.05, 3.63) is 47.9 Å². The van der Waals surface area contributed by atoms with Crippen molar-refractivity contribution >= 4 is 17.6 Å². The van der Waals surface area contributed by atoms with Gasteiger partial charge in [-0.2, -0.15) is 5.10 Å². The molecule has 0 spiro atoms. The van der Waals surface area contributed by atoms with Gasteiger partial charge in [-0.15, -0.1) is 0 Å². The van der Waals surface area contributed by atoms with Crippen molar-refractivity contribution in [3.63, 3.8) is 0 Å². The van der Waals surface area contributed by atoms with Crippen LogP contribution in [0.2, 0.25) is 0 Å². The quantitative estimate of drug-likeness (QED) is 0.747. The molecule has 0 fully saturated rings. The van der Waals surface area contributed by atoms with Crippen molar-refractivity contribution < 1.29 is 28.6 Å². The summed E-state index contributed by atoms with van der Waals surface area (Å²) in [5.41, 5.74) is 1.48. The highest BCUT2D eigenvalue weighted by molar-refractivity contribution is 6.03. The number of furan rings is 1. The topological polar surface area (TPSA) is 102 Å². The van der Waals surface area contributed by atoms with E-state index in [0.29, 0.717) is 29.4 Å². The van der Waals surface area contributed by atoms with E-state index in [1.807, 2.05) is 12.1 Å². The number of aliphatic carboxylic acids is 1. The Kier molecular flexibility index (Phi) is 5.98. The molecule has 1 aromatic carbocycles. The monoisotopic (exact) mass is 386 g/mol. The second-order valence-corrected chi connectivity index (χ2v) is 6.37. The SMILES string of the molecule is COc1cc(OC)cc(C2=NN(C(=O)CCCC(=O)O)[C@@H](c3ccco3)C2)c1. The van der Waals surface area contributed by atoms with Crippen LogP contribution in [-0.2, 0) is 9.59 Å². The van der Waals surface area contributed by atoms with Crippen LogP contribution in [-0.4, -0.2) is 41.9 Å². The Labute approximate surface area is 162 Å². The van der Waals surface area contributed by atoms with E-state index in [0.717, 1.165) is 5.56 Å². The van der Waals surface area contributed by atoms with Crippen LogP contribution < -0.4 is 9.47 Å². The molecule has 0 saturated heterocycles. The smallest absolute Gasteiger partial charge is 0.303 e. The van der Waals surface area contributed by atoms with Crippen LogP contribution in [0, 0.1) is 0 Å². The van der Waals surface area contributed by atoms with E-state index in [1.165, 1.54) is 5.01 Å². The van der Waals surface area contributed by atoms with E-state index in [2.05, 4.69) is 5.10 Å². The highest BCUT2D eigenvalue weighted by Gasteiger charge is 2.34. The Morgan fingerprint density at radius 1 is 1.21 bits per heavy atom. The van der Waals surface area contributed by atoms with Gasteiger partial charge in [-0.25, -0.2) is 5.01 Å². The normalized spacial score (nSPS) is 16.0. The summed E-state index contributed by atoms with van der Waals surface area (Å²) < 4.78 is 16.1. The Balaban J connectivity index is 1.88. The van der Waals surface area contributed by atoms with Gasteiger partial charge >= 0.3 is 5.97 Å². The van der Waals surface area contributed by atoms with Crippen LogP contribution in [0.3, 0.4) is 0 Å². The lowest BCUT2D eigenvalue weighted by atomic mass is 10.0. The molecule has 0 bridgehead atoms. The average Bonchev–Trinajstić information content (AvgIpc) is 3.36. The van der Waals surface area contributed by atoms with Gasteiger partial charge < -0.3 is 19.0 Å². The molecule has 1 aliphatic rings. The number of methoxy groups -OCH3 is 2. The summed E-state index contributed by atoms with van der Waals surface area (Å²) in [4.78, 5) is 23.4. The van der Waals surface area contributed by atoms with Crippen LogP contribution in [0.25, 0.3) is 0 Å². The zero-order valence-electron chi connectivity index (χ0n) is 15.8. The first-order chi connectivity index (χ1) is 13.5. The number of nitrogens with zero attached hydrogens (tertiary/aromatic N) is 2. The third-order valence-corrected chi connectivity index (χ3v) is 4.50. The molecule has 1 amide bonds. The first-order valence-electron chi connectivity index (χ1n) is 8.90. The number of carbonyl (C=O) groups excluding carboxylic acids is 1. The molecule has 8 heteroatoms. The summed E-state index contributed by atoms with van der Waals surface area (Å²) in [6, 6.07) is 8.61. The van der Waals surface area contributed by atoms with Gasteiger partial charge in [-0.3, -0.25) is 9.59 Å². The zero-order chi connectivity index (χ0) is 20.1. The van der Waals surface area contributed by atoms with Crippen molar-refractivity contribution in [2.45, 2.75) is 31.7 Å². The Bertz CT molecular complexity index is 853. The van der Waals surface area contributed by atoms with Crippen molar-refractivity contribution in [1.82, 2.24) is 5.01 Å². The van der Waals surface area contributed by atoms with Crippen LogP contribution >= 0.6 is 0 Å². The molecule has 1 atom stereocenters. The standard InChI is InChI=1S/C20H22N2O6/c1-26-14-9-13(10-15(11-14)27-2)16-12-17(18-5-4-8-28-18)22(21-16)19(23)6-3-7-20(24)25/h4-5,8-11,17H,3,6-7,12H2,1-2H3,(H,24,25)/t17-/m1/s1. The fraction of sp³-hybridized carbons (Fsp3) is 0.350. The number of hydrogen-bond donors (Lipinski definition) is 1. The molecule has 8 nitrogen and oxygen atoms in total. The van der Waals surface area contributed by atoms with Crippen LogP contribution in [0.5, 0.6) is 11.5 Å². The maximum absolute atomic E-state index is 12.7. The summed E-state index contributed by atoms with van der Waals surface area (Å²) in [6.07, 6.45) is 2.31. The van der Waals surface area contributed by atoms with Gasteiger partial charge in [0.25, 0.3) is 0 Å². The van der Waals surface area contributed by atoms with Crippen LogP contribution in [0.1, 0.15) is 43.0 Å². The van der Waals surface area contributed by atoms with Crippen molar-refractivity contribution in [1.29, 1.82) is 0 Å². The van der Waals surface area contributed by atoms with E-state index >= 15 is 0 Å². The third kappa shape index (κ3) is 4.33. The molecule has 2 heterocycles. The van der Waals surface area contributed by atoms with Crippen molar-refractivity contribution in [2.75, 3.05) is 14.2 Å². The fourth-order valence-corrected chi connectivity index (χ4v) is 3.10. The lowest BCUT2D eigenvalue weighted by Gasteiger charge is -2.19. The fourth-order valence-electron chi connectivity index (χ4n) is 3.10. The van der Waals surface area contributed by atoms with Crippen molar-refractivity contribution in [3.8, 4) is 11.5 Å². The maximum Gasteiger partial charge on any atom is 0.303 e. The molecule has 3 rings (SSSR count). The van der Waals surface area contributed by atoms with E-state index in [-0.39, 0.29) is 31.2 Å². The Morgan fingerprint density at radius 3 is 2.50 bits per heavy atom. The second kappa shape index (κ2) is 8.60. The van der Waals surface area contributed by atoms with E-state index in [4.69, 9.17) is 19.0 Å². The first-order valence-corrected chi connectivity index (χ1v) is 8.90. The summed E-state index contributed by atoms with van der Waals surface area (Å²) in [5.74, 6) is 0.702. The van der Waals surface area contributed by atoms with E-state index in [9.17, 15) is 9.59 Å². The number of carbonyl (C=O) groups is 2. The van der Waals surface area contributed by atoms with E-state index in [1.54, 1.807) is 38.7 Å². The number of carboxylic acids is 1. The molecule has 1 N–H and O–H groups in total. The van der Waals surface area contributed by atoms with E-state index < -0.39 is 5.97 Å². The molecule has 28 heavy (non-hydrogen) atoms. The predicted molar refractivity (Wildman–Crippen MR) is 100 cm³/mol. The lowest BCUT2D eigenvalue weighted by molar-refractivity contribution is -0.137. The number of hydrogen-bond acceptors (Lipinski definition) is 6. The first kappa shape index (κ1) is 19.5. The largest absolute Gasteiger partial charge is 0.497 e. The number of benzene rings is 1. The van der Waals surface area contributed by atoms with Gasteiger partial charge in [-0.1, -0.05) is 0 Å². The van der Waals surface area contributed by atoms with Crippen molar-refractivity contribution in [2.24, 2.45) is 5.10 Å². The van der Waals surface area contributed by atoms with Gasteiger partial charge in [0.15, 0.2) is 0 Å². The molecular formula is C20H22N2O6. The van der Waals surface area contributed by atoms with Gasteiger partial charge in [0, 0.05) is 30.9 Å². The predicted octanol–water partition coefficient (Wildman–Crippen LogP) is 3.23. The number of amides is 1. The minimum Gasteiger partial charge on any atom is -0.497 e. The molecular weight excluding hydrogens is 364 g/mol. The molecule has 2 aromatic rings. The second-order valence-electron chi connectivity index (χ2n) is 6.37. The van der Waals surface area contributed by atoms with Gasteiger partial charge in [0.1, 0.15) is 23.3 Å². The van der Waals surface area contributed by atoms with Crippen LogP contribution in [0.4, 0.5) is 0 Å². The highest BCUT2D eigenvalue weighted by Crippen LogP contribution is 2.35. The number of rotatable bonds is 8. The third-order valence-electron chi connectivity index (χ3n) is 4.50.